The van der Waals surface area contributed by atoms with Gasteiger partial charge in [-0.25, -0.2) is 4.98 Å². The van der Waals surface area contributed by atoms with E-state index >= 15 is 0 Å². The Labute approximate surface area is 186 Å². The molecule has 3 aliphatic heterocycles. The molecule has 2 aromatic heterocycles. The van der Waals surface area contributed by atoms with E-state index in [0.29, 0.717) is 23.9 Å². The van der Waals surface area contributed by atoms with Crippen molar-refractivity contribution in [3.05, 3.63) is 57.5 Å². The number of fused-ring (bicyclic) bond motifs is 3. The molecule has 1 aromatic carbocycles. The van der Waals surface area contributed by atoms with Crippen LogP contribution >= 0.6 is 0 Å². The van der Waals surface area contributed by atoms with Crippen LogP contribution in [-0.4, -0.2) is 51.5 Å². The third-order valence-corrected chi connectivity index (χ3v) is 7.85. The van der Waals surface area contributed by atoms with Crippen molar-refractivity contribution in [2.75, 3.05) is 26.7 Å². The van der Waals surface area contributed by atoms with Crippen LogP contribution in [0.4, 0.5) is 0 Å². The van der Waals surface area contributed by atoms with E-state index in [9.17, 15) is 9.90 Å². The second-order valence-electron chi connectivity index (χ2n) is 9.48. The molecule has 7 nitrogen and oxygen atoms in total. The number of benzene rings is 1. The SMILES string of the molecule is COc1ccc(Cn2nc3c4c(c(O)ncc(=O)c42)[C@H](C2CN4CCC2CC4)CC3)cc1. The predicted octanol–water partition coefficient (Wildman–Crippen LogP) is 2.93. The van der Waals surface area contributed by atoms with E-state index in [1.54, 1.807) is 11.8 Å². The van der Waals surface area contributed by atoms with Crippen molar-refractivity contribution in [2.45, 2.75) is 38.1 Å². The van der Waals surface area contributed by atoms with Gasteiger partial charge in [0, 0.05) is 17.5 Å². The Morgan fingerprint density at radius 1 is 1.16 bits per heavy atom. The Hall–Kier alpha value is -2.93. The molecule has 0 saturated carbocycles. The molecule has 3 aromatic rings. The molecular weight excluding hydrogens is 404 g/mol. The minimum Gasteiger partial charge on any atom is -0.497 e. The fraction of sp³-hybridized carbons (Fsp3) is 0.480. The number of methoxy groups -OCH3 is 1. The molecule has 5 heterocycles. The second-order valence-corrected chi connectivity index (χ2v) is 9.48. The Balaban J connectivity index is 1.48. The number of aromatic hydroxyl groups is 1. The number of aryl methyl sites for hydroxylation is 1. The van der Waals surface area contributed by atoms with Crippen LogP contribution in [0.3, 0.4) is 0 Å². The van der Waals surface area contributed by atoms with Gasteiger partial charge < -0.3 is 14.7 Å². The van der Waals surface area contributed by atoms with Crippen molar-refractivity contribution in [1.82, 2.24) is 19.7 Å². The highest BCUT2D eigenvalue weighted by atomic mass is 16.5. The fourth-order valence-corrected chi connectivity index (χ4v) is 6.28. The molecule has 1 unspecified atom stereocenters. The minimum absolute atomic E-state index is 0.00324. The van der Waals surface area contributed by atoms with E-state index in [1.807, 2.05) is 24.3 Å². The van der Waals surface area contributed by atoms with E-state index in [0.717, 1.165) is 47.3 Å². The molecule has 3 fully saturated rings. The largest absolute Gasteiger partial charge is 0.497 e. The molecule has 7 heteroatoms. The van der Waals surface area contributed by atoms with E-state index in [1.165, 1.54) is 32.1 Å². The maximum Gasteiger partial charge on any atom is 0.222 e. The molecule has 2 bridgehead atoms. The van der Waals surface area contributed by atoms with Crippen molar-refractivity contribution in [2.24, 2.45) is 11.8 Å². The maximum atomic E-state index is 13.1. The van der Waals surface area contributed by atoms with Crippen LogP contribution in [0.2, 0.25) is 0 Å². The Morgan fingerprint density at radius 3 is 2.62 bits per heavy atom. The zero-order valence-corrected chi connectivity index (χ0v) is 18.3. The van der Waals surface area contributed by atoms with Gasteiger partial charge in [-0.15, -0.1) is 0 Å². The number of piperidine rings is 3. The summed E-state index contributed by atoms with van der Waals surface area (Å²) in [6.45, 7) is 3.94. The molecule has 7 rings (SSSR count). The molecule has 1 aliphatic carbocycles. The fourth-order valence-electron chi connectivity index (χ4n) is 6.28. The first-order valence-corrected chi connectivity index (χ1v) is 11.6. The highest BCUT2D eigenvalue weighted by Crippen LogP contribution is 2.48. The molecule has 0 spiro atoms. The molecular formula is C25H28N4O3. The molecule has 166 valence electrons. The highest BCUT2D eigenvalue weighted by Gasteiger charge is 2.42. The van der Waals surface area contributed by atoms with Crippen LogP contribution < -0.4 is 10.2 Å². The van der Waals surface area contributed by atoms with Crippen LogP contribution in [0, 0.1) is 11.8 Å². The highest BCUT2D eigenvalue weighted by molar-refractivity contribution is 5.87. The van der Waals surface area contributed by atoms with Gasteiger partial charge in [0.1, 0.15) is 11.3 Å². The molecule has 32 heavy (non-hydrogen) atoms. The predicted molar refractivity (Wildman–Crippen MR) is 121 cm³/mol. The lowest BCUT2D eigenvalue weighted by Gasteiger charge is -2.48. The van der Waals surface area contributed by atoms with E-state index in [4.69, 9.17) is 9.84 Å². The van der Waals surface area contributed by atoms with Gasteiger partial charge in [-0.2, -0.15) is 5.10 Å². The number of rotatable bonds is 4. The van der Waals surface area contributed by atoms with Crippen LogP contribution in [-0.2, 0) is 13.0 Å². The number of hydrogen-bond acceptors (Lipinski definition) is 6. The first-order valence-electron chi connectivity index (χ1n) is 11.6. The van der Waals surface area contributed by atoms with Crippen molar-refractivity contribution < 1.29 is 9.84 Å². The van der Waals surface area contributed by atoms with Crippen molar-refractivity contribution in [3.63, 3.8) is 0 Å². The summed E-state index contributed by atoms with van der Waals surface area (Å²) >= 11 is 0. The zero-order chi connectivity index (χ0) is 21.8. The lowest BCUT2D eigenvalue weighted by Crippen LogP contribution is -2.49. The summed E-state index contributed by atoms with van der Waals surface area (Å²) in [5, 5.41) is 16.7. The van der Waals surface area contributed by atoms with Gasteiger partial charge in [-0.1, -0.05) is 12.1 Å². The quantitative estimate of drug-likeness (QED) is 0.683. The standard InChI is InChI=1S/C25H28N4O3/c1-32-17-4-2-15(3-5-17)13-29-24-21(30)12-26-25(31)22-18(6-7-20(27-29)23(22)24)19-14-28-10-8-16(19)9-11-28/h2-5,12,16,18-19,31H,6-11,13-14H2,1H3/t18-,19?/m0/s1. The van der Waals surface area contributed by atoms with Crippen molar-refractivity contribution in [1.29, 1.82) is 0 Å². The van der Waals surface area contributed by atoms with Gasteiger partial charge in [0.05, 0.1) is 25.5 Å². The van der Waals surface area contributed by atoms with E-state index in [2.05, 4.69) is 9.88 Å². The Morgan fingerprint density at radius 2 is 1.94 bits per heavy atom. The number of ether oxygens (including phenoxy) is 1. The normalized spacial score (nSPS) is 26.4. The minimum atomic E-state index is -0.191. The number of nitrogens with zero attached hydrogens (tertiary/aromatic N) is 4. The zero-order valence-electron chi connectivity index (χ0n) is 18.3. The first kappa shape index (κ1) is 19.7. The van der Waals surface area contributed by atoms with Gasteiger partial charge in [0.25, 0.3) is 0 Å². The molecule has 0 amide bonds. The molecule has 3 saturated heterocycles. The smallest absolute Gasteiger partial charge is 0.222 e. The molecule has 0 radical (unpaired) electrons. The first-order chi connectivity index (χ1) is 15.6. The average molecular weight is 433 g/mol. The van der Waals surface area contributed by atoms with E-state index in [-0.39, 0.29) is 17.2 Å². The summed E-state index contributed by atoms with van der Waals surface area (Å²) in [5.74, 6) is 2.21. The average Bonchev–Trinajstić information content (AvgIpc) is 3.14. The monoisotopic (exact) mass is 432 g/mol. The van der Waals surface area contributed by atoms with Gasteiger partial charge in [-0.05, 0) is 74.2 Å². The number of aromatic nitrogens is 3. The lowest BCUT2D eigenvalue weighted by atomic mass is 9.67. The third kappa shape index (κ3) is 3.10. The van der Waals surface area contributed by atoms with Crippen LogP contribution in [0.15, 0.2) is 35.3 Å². The van der Waals surface area contributed by atoms with Crippen molar-refractivity contribution >= 4 is 10.9 Å². The van der Waals surface area contributed by atoms with E-state index < -0.39 is 0 Å². The third-order valence-electron chi connectivity index (χ3n) is 7.85. The van der Waals surface area contributed by atoms with Gasteiger partial charge in [0.15, 0.2) is 0 Å². The summed E-state index contributed by atoms with van der Waals surface area (Å²) in [4.78, 5) is 19.8. The van der Waals surface area contributed by atoms with Gasteiger partial charge >= 0.3 is 0 Å². The van der Waals surface area contributed by atoms with Crippen molar-refractivity contribution in [3.8, 4) is 11.6 Å². The van der Waals surface area contributed by atoms with Gasteiger partial charge in [-0.3, -0.25) is 9.48 Å². The molecule has 2 atom stereocenters. The maximum absolute atomic E-state index is 13.1. The summed E-state index contributed by atoms with van der Waals surface area (Å²) in [7, 11) is 1.65. The summed E-state index contributed by atoms with van der Waals surface area (Å²) in [5.41, 5.74) is 3.17. The van der Waals surface area contributed by atoms with Gasteiger partial charge in [0.2, 0.25) is 11.3 Å². The molecule has 1 N–H and O–H groups in total. The van der Waals surface area contributed by atoms with Crippen LogP contribution in [0.5, 0.6) is 11.6 Å². The Bertz CT molecular complexity index is 1230. The molecule has 4 aliphatic rings. The topological polar surface area (TPSA) is 80.5 Å². The second kappa shape index (κ2) is 7.59. The number of hydrogen-bond donors (Lipinski definition) is 1. The van der Waals surface area contributed by atoms with Crippen LogP contribution in [0.1, 0.15) is 42.0 Å². The summed E-state index contributed by atoms with van der Waals surface area (Å²) in [6, 6.07) is 7.82. The summed E-state index contributed by atoms with van der Waals surface area (Å²) < 4.78 is 7.06. The summed E-state index contributed by atoms with van der Waals surface area (Å²) in [6.07, 6.45) is 5.50. The van der Waals surface area contributed by atoms with Crippen LogP contribution in [0.25, 0.3) is 10.9 Å². The Kier molecular flexibility index (Phi) is 4.68. The lowest BCUT2D eigenvalue weighted by molar-refractivity contribution is 0.0343.